The van der Waals surface area contributed by atoms with Crippen molar-refractivity contribution in [1.29, 1.82) is 0 Å². The van der Waals surface area contributed by atoms with Crippen LogP contribution in [0.4, 0.5) is 5.69 Å². The minimum atomic E-state index is 0.0586. The van der Waals surface area contributed by atoms with Crippen molar-refractivity contribution < 1.29 is 9.84 Å². The van der Waals surface area contributed by atoms with Gasteiger partial charge in [0.2, 0.25) is 5.88 Å². The Bertz CT molecular complexity index is 1030. The van der Waals surface area contributed by atoms with Gasteiger partial charge in [0.05, 0.1) is 29.5 Å². The van der Waals surface area contributed by atoms with Crippen molar-refractivity contribution in [2.24, 2.45) is 5.92 Å². The molecule has 3 aromatic rings. The molecule has 8 nitrogen and oxygen atoms in total. The van der Waals surface area contributed by atoms with Crippen molar-refractivity contribution in [3.8, 4) is 28.6 Å². The quantitative estimate of drug-likeness (QED) is 0.684. The maximum absolute atomic E-state index is 10.5. The van der Waals surface area contributed by atoms with Gasteiger partial charge in [0.15, 0.2) is 0 Å². The number of nitrogens with zero attached hydrogens (tertiary/aromatic N) is 5. The summed E-state index contributed by atoms with van der Waals surface area (Å²) in [5.74, 6) is 0.944. The first-order valence-electron chi connectivity index (χ1n) is 10.1. The van der Waals surface area contributed by atoms with Gasteiger partial charge in [0, 0.05) is 35.7 Å². The number of ether oxygens (including phenoxy) is 1. The van der Waals surface area contributed by atoms with Gasteiger partial charge < -0.3 is 20.5 Å². The molecule has 1 saturated heterocycles. The third-order valence-corrected chi connectivity index (χ3v) is 6.44. The highest BCUT2D eigenvalue weighted by Gasteiger charge is 2.40. The zero-order valence-electron chi connectivity index (χ0n) is 17.8. The molecule has 0 aliphatic carbocycles. The number of rotatable bonds is 4. The van der Waals surface area contributed by atoms with E-state index in [1.165, 1.54) is 0 Å². The molecule has 1 aliphatic rings. The first-order valence-corrected chi connectivity index (χ1v) is 10.1. The molecule has 0 bridgehead atoms. The minimum absolute atomic E-state index is 0.0586. The third kappa shape index (κ3) is 3.70. The van der Waals surface area contributed by atoms with E-state index in [4.69, 9.17) is 10.5 Å². The molecule has 0 saturated carbocycles. The van der Waals surface area contributed by atoms with E-state index in [1.807, 2.05) is 18.2 Å². The van der Waals surface area contributed by atoms with Gasteiger partial charge in [-0.1, -0.05) is 6.92 Å². The Morgan fingerprint density at radius 1 is 1.20 bits per heavy atom. The second-order valence-electron chi connectivity index (χ2n) is 8.49. The molecule has 1 aliphatic heterocycles. The number of piperidine rings is 1. The molecule has 30 heavy (non-hydrogen) atoms. The van der Waals surface area contributed by atoms with E-state index in [-0.39, 0.29) is 17.4 Å². The molecule has 0 spiro atoms. The van der Waals surface area contributed by atoms with Crippen LogP contribution in [-0.4, -0.2) is 55.2 Å². The summed E-state index contributed by atoms with van der Waals surface area (Å²) >= 11 is 0. The molecule has 2 aromatic heterocycles. The van der Waals surface area contributed by atoms with Crippen molar-refractivity contribution in [3.05, 3.63) is 42.7 Å². The molecule has 158 valence electrons. The number of nitrogens with two attached hydrogens (primary N) is 1. The van der Waals surface area contributed by atoms with E-state index in [2.05, 4.69) is 48.0 Å². The second kappa shape index (κ2) is 7.60. The summed E-state index contributed by atoms with van der Waals surface area (Å²) in [6, 6.07) is 8.87. The maximum Gasteiger partial charge on any atom is 0.233 e. The molecule has 2 atom stereocenters. The average Bonchev–Trinajstić information content (AvgIpc) is 3.16. The lowest BCUT2D eigenvalue weighted by atomic mass is 9.79. The van der Waals surface area contributed by atoms with Crippen LogP contribution in [0.1, 0.15) is 27.2 Å². The monoisotopic (exact) mass is 408 g/mol. The van der Waals surface area contributed by atoms with Gasteiger partial charge in [-0.3, -0.25) is 0 Å². The lowest BCUT2D eigenvalue weighted by molar-refractivity contribution is -0.0301. The second-order valence-corrected chi connectivity index (χ2v) is 8.49. The Hall–Kier alpha value is -3.13. The van der Waals surface area contributed by atoms with E-state index in [0.717, 1.165) is 13.0 Å². The fourth-order valence-corrected chi connectivity index (χ4v) is 3.86. The number of phenols is 1. The van der Waals surface area contributed by atoms with Crippen molar-refractivity contribution >= 4 is 5.69 Å². The zero-order chi connectivity index (χ0) is 21.5. The molecular weight excluding hydrogens is 380 g/mol. The van der Waals surface area contributed by atoms with Crippen LogP contribution >= 0.6 is 0 Å². The standard InChI is InChI=1S/C22H28N6O2/c1-14-20(9-10-27(4)22(14,2)3)30-21-8-7-18(25-26-21)17-6-5-16(11-19(17)29)28-13-15(23)12-24-28/h5-8,11-14,20,29H,9-10,23H2,1-4H3. The van der Waals surface area contributed by atoms with E-state index in [0.29, 0.717) is 34.4 Å². The third-order valence-electron chi connectivity index (χ3n) is 6.44. The lowest BCUT2D eigenvalue weighted by Gasteiger charge is -2.48. The summed E-state index contributed by atoms with van der Waals surface area (Å²) in [7, 11) is 2.15. The minimum Gasteiger partial charge on any atom is -0.507 e. The molecule has 8 heteroatoms. The van der Waals surface area contributed by atoms with Crippen LogP contribution in [0.25, 0.3) is 16.9 Å². The molecule has 3 heterocycles. The Balaban J connectivity index is 1.50. The molecule has 1 aromatic carbocycles. The molecular formula is C22H28N6O2. The van der Waals surface area contributed by atoms with E-state index >= 15 is 0 Å². The number of aromatic nitrogens is 4. The highest BCUT2D eigenvalue weighted by atomic mass is 16.5. The van der Waals surface area contributed by atoms with Crippen molar-refractivity contribution in [3.63, 3.8) is 0 Å². The van der Waals surface area contributed by atoms with Crippen molar-refractivity contribution in [2.45, 2.75) is 38.8 Å². The summed E-state index contributed by atoms with van der Waals surface area (Å²) in [6.07, 6.45) is 4.28. The highest BCUT2D eigenvalue weighted by Crippen LogP contribution is 2.34. The number of nitrogen functional groups attached to an aromatic ring is 1. The number of aromatic hydroxyl groups is 1. The SMILES string of the molecule is CC1C(Oc2ccc(-c3ccc(-n4cc(N)cn4)cc3O)nn2)CCN(C)C1(C)C. The number of anilines is 1. The van der Waals surface area contributed by atoms with Gasteiger partial charge >= 0.3 is 0 Å². The smallest absolute Gasteiger partial charge is 0.233 e. The summed E-state index contributed by atoms with van der Waals surface area (Å²) in [6.45, 7) is 7.68. The van der Waals surface area contributed by atoms with Gasteiger partial charge in [-0.25, -0.2) is 4.68 Å². The largest absolute Gasteiger partial charge is 0.507 e. The number of likely N-dealkylation sites (tertiary alicyclic amines) is 1. The zero-order valence-corrected chi connectivity index (χ0v) is 17.8. The van der Waals surface area contributed by atoms with Gasteiger partial charge in [0.1, 0.15) is 11.9 Å². The maximum atomic E-state index is 10.5. The topological polar surface area (TPSA) is 102 Å². The summed E-state index contributed by atoms with van der Waals surface area (Å²) in [5, 5.41) is 23.1. The predicted octanol–water partition coefficient (Wildman–Crippen LogP) is 3.11. The van der Waals surface area contributed by atoms with Crippen LogP contribution in [0.5, 0.6) is 11.6 Å². The van der Waals surface area contributed by atoms with Gasteiger partial charge in [-0.05, 0) is 45.5 Å². The van der Waals surface area contributed by atoms with Crippen LogP contribution in [0.2, 0.25) is 0 Å². The van der Waals surface area contributed by atoms with Gasteiger partial charge in [0.25, 0.3) is 0 Å². The Kier molecular flexibility index (Phi) is 5.11. The first kappa shape index (κ1) is 20.2. The number of hydrogen-bond acceptors (Lipinski definition) is 7. The number of hydrogen-bond donors (Lipinski definition) is 2. The summed E-state index contributed by atoms with van der Waals surface area (Å²) in [5.41, 5.74) is 8.19. The normalized spacial score (nSPS) is 21.5. The number of phenolic OH excluding ortho intramolecular Hbond substituents is 1. The fraction of sp³-hybridized carbons (Fsp3) is 0.409. The van der Waals surface area contributed by atoms with Crippen LogP contribution in [0.15, 0.2) is 42.7 Å². The molecule has 4 rings (SSSR count). The Morgan fingerprint density at radius 2 is 2.00 bits per heavy atom. The van der Waals surface area contributed by atoms with Crippen molar-refractivity contribution in [1.82, 2.24) is 24.9 Å². The summed E-state index contributed by atoms with van der Waals surface area (Å²) < 4.78 is 7.77. The first-order chi connectivity index (χ1) is 14.3. The van der Waals surface area contributed by atoms with Crippen molar-refractivity contribution in [2.75, 3.05) is 19.3 Å². The van der Waals surface area contributed by atoms with Gasteiger partial charge in [-0.2, -0.15) is 5.10 Å². The van der Waals surface area contributed by atoms with Crippen LogP contribution in [0.3, 0.4) is 0 Å². The van der Waals surface area contributed by atoms with Crippen LogP contribution < -0.4 is 10.5 Å². The summed E-state index contributed by atoms with van der Waals surface area (Å²) in [4.78, 5) is 2.37. The lowest BCUT2D eigenvalue weighted by Crippen LogP contribution is -2.56. The molecule has 0 amide bonds. The molecule has 1 fully saturated rings. The van der Waals surface area contributed by atoms with Gasteiger partial charge in [-0.15, -0.1) is 10.2 Å². The van der Waals surface area contributed by atoms with E-state index in [9.17, 15) is 5.11 Å². The molecule has 0 radical (unpaired) electrons. The average molecular weight is 409 g/mol. The van der Waals surface area contributed by atoms with E-state index in [1.54, 1.807) is 29.2 Å². The predicted molar refractivity (Wildman–Crippen MR) is 116 cm³/mol. The molecule has 3 N–H and O–H groups in total. The number of benzene rings is 1. The van der Waals surface area contributed by atoms with Crippen LogP contribution in [0, 0.1) is 5.92 Å². The van der Waals surface area contributed by atoms with E-state index < -0.39 is 0 Å². The Labute approximate surface area is 176 Å². The van der Waals surface area contributed by atoms with Crippen LogP contribution in [-0.2, 0) is 0 Å². The fourth-order valence-electron chi connectivity index (χ4n) is 3.86. The Morgan fingerprint density at radius 3 is 2.63 bits per heavy atom. The molecule has 2 unspecified atom stereocenters. The highest BCUT2D eigenvalue weighted by molar-refractivity contribution is 5.68.